The number of halogens is 3. The van der Waals surface area contributed by atoms with Gasteiger partial charge >= 0.3 is 6.36 Å². The zero-order valence-electron chi connectivity index (χ0n) is 16.1. The Morgan fingerprint density at radius 2 is 1.97 bits per heavy atom. The van der Waals surface area contributed by atoms with Crippen molar-refractivity contribution in [2.24, 2.45) is 0 Å². The number of nitrogens with one attached hydrogen (secondary N) is 1. The van der Waals surface area contributed by atoms with Crippen LogP contribution in [0.1, 0.15) is 16.2 Å². The van der Waals surface area contributed by atoms with Gasteiger partial charge in [0, 0.05) is 30.5 Å². The minimum Gasteiger partial charge on any atom is -0.406 e. The lowest BCUT2D eigenvalue weighted by Gasteiger charge is -2.27. The number of rotatable bonds is 4. The van der Waals surface area contributed by atoms with Gasteiger partial charge in [0.05, 0.1) is 24.9 Å². The van der Waals surface area contributed by atoms with Gasteiger partial charge in [-0.3, -0.25) is 4.79 Å². The van der Waals surface area contributed by atoms with E-state index >= 15 is 0 Å². The molecule has 1 aliphatic rings. The molecule has 0 atom stereocenters. The number of alkyl halides is 3. The molecule has 1 N–H and O–H groups in total. The van der Waals surface area contributed by atoms with E-state index in [-0.39, 0.29) is 11.7 Å². The Morgan fingerprint density at radius 3 is 2.70 bits per heavy atom. The fraction of sp³-hybridized carbons (Fsp3) is 0.300. The minimum absolute atomic E-state index is 0.151. The number of hydrogen-bond acceptors (Lipinski definition) is 5. The van der Waals surface area contributed by atoms with Gasteiger partial charge in [0.1, 0.15) is 11.4 Å². The van der Waals surface area contributed by atoms with Gasteiger partial charge < -0.3 is 24.1 Å². The van der Waals surface area contributed by atoms with Crippen LogP contribution in [0, 0.1) is 6.92 Å². The second-order valence-electron chi connectivity index (χ2n) is 6.79. The second-order valence-corrected chi connectivity index (χ2v) is 6.79. The predicted octanol–water partition coefficient (Wildman–Crippen LogP) is 3.76. The summed E-state index contributed by atoms with van der Waals surface area (Å²) in [6.45, 7) is 3.86. The van der Waals surface area contributed by atoms with Gasteiger partial charge in [-0.15, -0.1) is 13.2 Å². The van der Waals surface area contributed by atoms with E-state index in [0.717, 1.165) is 5.69 Å². The molecule has 1 saturated heterocycles. The number of ether oxygens (including phenoxy) is 2. The summed E-state index contributed by atoms with van der Waals surface area (Å²) >= 11 is 0. The number of benzene rings is 1. The van der Waals surface area contributed by atoms with Crippen molar-refractivity contribution in [1.29, 1.82) is 0 Å². The van der Waals surface area contributed by atoms with E-state index in [1.807, 2.05) is 13.0 Å². The minimum atomic E-state index is -4.77. The van der Waals surface area contributed by atoms with E-state index < -0.39 is 6.36 Å². The van der Waals surface area contributed by atoms with Crippen molar-refractivity contribution in [3.63, 3.8) is 0 Å². The van der Waals surface area contributed by atoms with E-state index in [0.29, 0.717) is 49.0 Å². The normalized spacial score (nSPS) is 14.7. The van der Waals surface area contributed by atoms with Crippen LogP contribution in [0.2, 0.25) is 0 Å². The molecule has 2 aromatic heterocycles. The largest absolute Gasteiger partial charge is 0.573 e. The van der Waals surface area contributed by atoms with Crippen LogP contribution in [0.15, 0.2) is 42.6 Å². The maximum Gasteiger partial charge on any atom is 0.573 e. The molecule has 0 bridgehead atoms. The molecule has 10 heteroatoms. The van der Waals surface area contributed by atoms with Crippen LogP contribution in [-0.4, -0.2) is 52.9 Å². The first kappa shape index (κ1) is 20.0. The van der Waals surface area contributed by atoms with Crippen molar-refractivity contribution >= 4 is 22.9 Å². The molecule has 1 amide bonds. The molecule has 1 aliphatic heterocycles. The van der Waals surface area contributed by atoms with Gasteiger partial charge in [0.15, 0.2) is 5.82 Å². The highest BCUT2D eigenvalue weighted by molar-refractivity contribution is 5.94. The number of morpholine rings is 1. The third-order valence-corrected chi connectivity index (χ3v) is 4.72. The van der Waals surface area contributed by atoms with Gasteiger partial charge in [-0.2, -0.15) is 0 Å². The smallest absolute Gasteiger partial charge is 0.406 e. The third kappa shape index (κ3) is 4.18. The van der Waals surface area contributed by atoms with E-state index in [9.17, 15) is 18.0 Å². The lowest BCUT2D eigenvalue weighted by atomic mass is 10.3. The molecule has 0 aliphatic carbocycles. The zero-order valence-corrected chi connectivity index (χ0v) is 16.1. The van der Waals surface area contributed by atoms with Crippen LogP contribution in [0.3, 0.4) is 0 Å². The van der Waals surface area contributed by atoms with Crippen LogP contribution < -0.4 is 10.1 Å². The molecule has 1 aromatic carbocycles. The molecule has 3 aromatic rings. The molecule has 0 saturated carbocycles. The molecule has 7 nitrogen and oxygen atoms in total. The summed E-state index contributed by atoms with van der Waals surface area (Å²) in [4.78, 5) is 19.1. The summed E-state index contributed by atoms with van der Waals surface area (Å²) in [7, 11) is 0. The number of carbonyl (C=O) groups excluding carboxylic acids is 1. The second kappa shape index (κ2) is 7.86. The Morgan fingerprint density at radius 1 is 1.20 bits per heavy atom. The highest BCUT2D eigenvalue weighted by Gasteiger charge is 2.31. The van der Waals surface area contributed by atoms with Crippen LogP contribution >= 0.6 is 0 Å². The first-order valence-corrected chi connectivity index (χ1v) is 9.29. The standard InChI is InChI=1S/C20H19F3N4O3/c1-13-5-6-16-18(25-14-3-2-4-15(11-14)30-20(21,22)23)24-12-17(27(13)16)19(28)26-7-9-29-10-8-26/h2-6,11-12H,7-10H2,1H3,(H,24,25). The van der Waals surface area contributed by atoms with E-state index in [4.69, 9.17) is 4.74 Å². The van der Waals surface area contributed by atoms with Gasteiger partial charge in [0.25, 0.3) is 5.91 Å². The first-order valence-electron chi connectivity index (χ1n) is 9.29. The number of nitrogens with zero attached hydrogens (tertiary/aromatic N) is 3. The Hall–Kier alpha value is -3.27. The van der Waals surface area contributed by atoms with Crippen molar-refractivity contribution in [2.45, 2.75) is 13.3 Å². The Balaban J connectivity index is 1.65. The lowest BCUT2D eigenvalue weighted by molar-refractivity contribution is -0.274. The predicted molar refractivity (Wildman–Crippen MR) is 103 cm³/mol. The van der Waals surface area contributed by atoms with Gasteiger partial charge in [0.2, 0.25) is 0 Å². The average Bonchev–Trinajstić information content (AvgIpc) is 3.10. The molecule has 4 rings (SSSR count). The number of hydrogen-bond donors (Lipinski definition) is 1. The summed E-state index contributed by atoms with van der Waals surface area (Å²) in [5.74, 6) is -0.0813. The van der Waals surface area contributed by atoms with Gasteiger partial charge in [-0.25, -0.2) is 4.98 Å². The van der Waals surface area contributed by atoms with Crippen molar-refractivity contribution in [3.8, 4) is 5.75 Å². The highest BCUT2D eigenvalue weighted by atomic mass is 19.4. The molecule has 0 radical (unpaired) electrons. The van der Waals surface area contributed by atoms with Gasteiger partial charge in [-0.1, -0.05) is 6.07 Å². The number of aryl methyl sites for hydroxylation is 1. The molecule has 30 heavy (non-hydrogen) atoms. The van der Waals surface area contributed by atoms with E-state index in [1.54, 1.807) is 21.4 Å². The molecule has 3 heterocycles. The molecule has 0 unspecified atom stereocenters. The summed E-state index contributed by atoms with van der Waals surface area (Å²) in [6, 6.07) is 9.14. The van der Waals surface area contributed by atoms with Crippen molar-refractivity contribution in [2.75, 3.05) is 31.6 Å². The fourth-order valence-electron chi connectivity index (χ4n) is 3.38. The molecule has 158 valence electrons. The number of anilines is 2. The summed E-state index contributed by atoms with van der Waals surface area (Å²) in [5, 5.41) is 3.01. The summed E-state index contributed by atoms with van der Waals surface area (Å²) in [5.41, 5.74) is 2.25. The summed E-state index contributed by atoms with van der Waals surface area (Å²) in [6.07, 6.45) is -3.31. The number of fused-ring (bicyclic) bond motifs is 1. The van der Waals surface area contributed by atoms with E-state index in [2.05, 4.69) is 15.0 Å². The molecular formula is C20H19F3N4O3. The highest BCUT2D eigenvalue weighted by Crippen LogP contribution is 2.28. The topological polar surface area (TPSA) is 68.1 Å². The zero-order chi connectivity index (χ0) is 21.3. The number of carbonyl (C=O) groups is 1. The Kier molecular flexibility index (Phi) is 5.25. The Bertz CT molecular complexity index is 1070. The maximum atomic E-state index is 13.0. The van der Waals surface area contributed by atoms with Crippen LogP contribution in [0.5, 0.6) is 5.75 Å². The van der Waals surface area contributed by atoms with Crippen LogP contribution in [0.4, 0.5) is 24.7 Å². The van der Waals surface area contributed by atoms with Crippen molar-refractivity contribution in [3.05, 3.63) is 54.0 Å². The quantitative estimate of drug-likeness (QED) is 0.696. The van der Waals surface area contributed by atoms with Crippen LogP contribution in [-0.2, 0) is 4.74 Å². The summed E-state index contributed by atoms with van der Waals surface area (Å²) < 4.78 is 48.5. The first-order chi connectivity index (χ1) is 14.3. The maximum absolute atomic E-state index is 13.0. The van der Waals surface area contributed by atoms with Crippen LogP contribution in [0.25, 0.3) is 5.52 Å². The SMILES string of the molecule is Cc1ccc2c(Nc3cccc(OC(F)(F)F)c3)ncc(C(=O)N3CCOCC3)n12. The average molecular weight is 420 g/mol. The number of aromatic nitrogens is 2. The molecular weight excluding hydrogens is 401 g/mol. The lowest BCUT2D eigenvalue weighted by Crippen LogP contribution is -2.41. The third-order valence-electron chi connectivity index (χ3n) is 4.72. The Labute approximate surface area is 170 Å². The fourth-order valence-corrected chi connectivity index (χ4v) is 3.38. The number of amides is 1. The van der Waals surface area contributed by atoms with Crippen molar-refractivity contribution in [1.82, 2.24) is 14.3 Å². The van der Waals surface area contributed by atoms with Crippen molar-refractivity contribution < 1.29 is 27.4 Å². The monoisotopic (exact) mass is 420 g/mol. The molecule has 1 fully saturated rings. The van der Waals surface area contributed by atoms with E-state index in [1.165, 1.54) is 24.4 Å². The molecule has 0 spiro atoms. The van der Waals surface area contributed by atoms with Gasteiger partial charge in [-0.05, 0) is 31.2 Å².